The van der Waals surface area contributed by atoms with Crippen LogP contribution in [0.2, 0.25) is 0 Å². The molecule has 10 heteroatoms. The molecule has 108 valence electrons. The number of halogens is 2. The third-order valence-electron chi connectivity index (χ3n) is 2.26. The molecule has 0 fully saturated rings. The third-order valence-corrected chi connectivity index (χ3v) is 2.26. The maximum atomic E-state index is 13.5. The average molecular weight is 290 g/mol. The van der Waals surface area contributed by atoms with E-state index in [1.165, 1.54) is 0 Å². The van der Waals surface area contributed by atoms with E-state index in [1.54, 1.807) is 5.32 Å². The smallest absolute Gasteiger partial charge is 0.328 e. The molecular formula is C10H8F2N2O6. The van der Waals surface area contributed by atoms with Gasteiger partial charge in [-0.3, -0.25) is 14.9 Å². The van der Waals surface area contributed by atoms with Gasteiger partial charge in [0.25, 0.3) is 5.91 Å². The highest BCUT2D eigenvalue weighted by Gasteiger charge is 2.25. The van der Waals surface area contributed by atoms with Crippen molar-refractivity contribution in [2.45, 2.75) is 6.04 Å². The van der Waals surface area contributed by atoms with Crippen molar-refractivity contribution < 1.29 is 33.5 Å². The first-order valence-electron chi connectivity index (χ1n) is 5.06. The van der Waals surface area contributed by atoms with Gasteiger partial charge in [-0.15, -0.1) is 0 Å². The minimum absolute atomic E-state index is 0.207. The summed E-state index contributed by atoms with van der Waals surface area (Å²) in [4.78, 5) is 31.3. The van der Waals surface area contributed by atoms with Crippen molar-refractivity contribution in [2.75, 3.05) is 6.61 Å². The van der Waals surface area contributed by atoms with Crippen LogP contribution in [0.5, 0.6) is 0 Å². The standard InChI is InChI=1S/C10H8F2N2O6/c11-5-2-8(14(19)20)6(12)1-4(5)9(16)13-7(3-15)10(17)18/h1-2,7,15H,3H2,(H,13,16)(H,17,18)/t7-/m1/s1. The van der Waals surface area contributed by atoms with Crippen LogP contribution < -0.4 is 5.32 Å². The number of carbonyl (C=O) groups is 2. The number of nitro groups is 1. The molecule has 0 radical (unpaired) electrons. The maximum absolute atomic E-state index is 13.5. The molecule has 1 rings (SSSR count). The summed E-state index contributed by atoms with van der Waals surface area (Å²) >= 11 is 0. The number of aliphatic hydroxyl groups excluding tert-OH is 1. The molecule has 0 saturated carbocycles. The van der Waals surface area contributed by atoms with Gasteiger partial charge in [-0.05, 0) is 6.07 Å². The minimum Gasteiger partial charge on any atom is -0.480 e. The van der Waals surface area contributed by atoms with E-state index < -0.39 is 52.3 Å². The van der Waals surface area contributed by atoms with Crippen LogP contribution in [-0.4, -0.2) is 39.7 Å². The summed E-state index contributed by atoms with van der Waals surface area (Å²) < 4.78 is 26.7. The fourth-order valence-corrected chi connectivity index (χ4v) is 1.27. The molecule has 0 aliphatic heterocycles. The van der Waals surface area contributed by atoms with Gasteiger partial charge in [0.05, 0.1) is 23.2 Å². The van der Waals surface area contributed by atoms with Crippen LogP contribution in [0.25, 0.3) is 0 Å². The molecule has 0 spiro atoms. The molecule has 8 nitrogen and oxygen atoms in total. The largest absolute Gasteiger partial charge is 0.480 e. The van der Waals surface area contributed by atoms with E-state index in [0.717, 1.165) is 0 Å². The van der Waals surface area contributed by atoms with Crippen molar-refractivity contribution in [3.63, 3.8) is 0 Å². The Morgan fingerprint density at radius 3 is 2.40 bits per heavy atom. The van der Waals surface area contributed by atoms with Crippen molar-refractivity contribution >= 4 is 17.6 Å². The first kappa shape index (κ1) is 15.4. The molecule has 0 unspecified atom stereocenters. The van der Waals surface area contributed by atoms with Crippen LogP contribution in [-0.2, 0) is 4.79 Å². The van der Waals surface area contributed by atoms with Gasteiger partial charge in [-0.1, -0.05) is 0 Å². The number of nitrogens with zero attached hydrogens (tertiary/aromatic N) is 1. The number of nitrogens with one attached hydrogen (secondary N) is 1. The molecule has 1 aromatic carbocycles. The summed E-state index contributed by atoms with van der Waals surface area (Å²) in [7, 11) is 0. The molecule has 0 saturated heterocycles. The average Bonchev–Trinajstić information content (AvgIpc) is 2.37. The molecule has 1 atom stereocenters. The Bertz CT molecular complexity index is 577. The molecule has 0 heterocycles. The van der Waals surface area contributed by atoms with Crippen LogP contribution in [0.15, 0.2) is 12.1 Å². The normalized spacial score (nSPS) is 11.8. The van der Waals surface area contributed by atoms with Crippen molar-refractivity contribution in [3.8, 4) is 0 Å². The number of aliphatic hydroxyl groups is 1. The van der Waals surface area contributed by atoms with E-state index in [9.17, 15) is 28.5 Å². The van der Waals surface area contributed by atoms with Gasteiger partial charge in [-0.25, -0.2) is 9.18 Å². The molecular weight excluding hydrogens is 282 g/mol. The lowest BCUT2D eigenvalue weighted by Crippen LogP contribution is -2.43. The van der Waals surface area contributed by atoms with Crippen LogP contribution in [0.1, 0.15) is 10.4 Å². The van der Waals surface area contributed by atoms with E-state index in [2.05, 4.69) is 0 Å². The summed E-state index contributed by atoms with van der Waals surface area (Å²) in [5, 5.41) is 29.3. The molecule has 0 bridgehead atoms. The SMILES string of the molecule is O=C(N[C@H](CO)C(=O)O)c1cc(F)c([N+](=O)[O-])cc1F. The molecule has 0 aromatic heterocycles. The van der Waals surface area contributed by atoms with Crippen molar-refractivity contribution in [3.05, 3.63) is 39.4 Å². The zero-order chi connectivity index (χ0) is 15.4. The topological polar surface area (TPSA) is 130 Å². The van der Waals surface area contributed by atoms with Crippen molar-refractivity contribution in [2.24, 2.45) is 0 Å². The van der Waals surface area contributed by atoms with Gasteiger partial charge in [0.1, 0.15) is 5.82 Å². The molecule has 20 heavy (non-hydrogen) atoms. The number of carbonyl (C=O) groups excluding carboxylic acids is 1. The second kappa shape index (κ2) is 6.02. The van der Waals surface area contributed by atoms with Crippen molar-refractivity contribution in [1.29, 1.82) is 0 Å². The van der Waals surface area contributed by atoms with Gasteiger partial charge in [0.15, 0.2) is 6.04 Å². The Hall–Kier alpha value is -2.62. The number of amides is 1. The zero-order valence-electron chi connectivity index (χ0n) is 9.67. The summed E-state index contributed by atoms with van der Waals surface area (Å²) in [5.41, 5.74) is -2.07. The van der Waals surface area contributed by atoms with Gasteiger partial charge >= 0.3 is 11.7 Å². The number of hydrogen-bond acceptors (Lipinski definition) is 5. The first-order chi connectivity index (χ1) is 9.27. The lowest BCUT2D eigenvalue weighted by Gasteiger charge is -2.12. The van der Waals surface area contributed by atoms with Gasteiger partial charge in [0.2, 0.25) is 5.82 Å². The zero-order valence-corrected chi connectivity index (χ0v) is 9.67. The molecule has 3 N–H and O–H groups in total. The number of carboxylic acid groups (broad SMARTS) is 1. The Morgan fingerprint density at radius 1 is 1.35 bits per heavy atom. The van der Waals surface area contributed by atoms with E-state index in [-0.39, 0.29) is 12.1 Å². The molecule has 1 aromatic rings. The maximum Gasteiger partial charge on any atom is 0.328 e. The minimum atomic E-state index is -1.71. The Balaban J connectivity index is 3.08. The predicted octanol–water partition coefficient (Wildman–Crippen LogP) is 0.0483. The van der Waals surface area contributed by atoms with Gasteiger partial charge in [-0.2, -0.15) is 4.39 Å². The number of aliphatic carboxylic acids is 1. The fraction of sp³-hybridized carbons (Fsp3) is 0.200. The highest BCUT2D eigenvalue weighted by atomic mass is 19.1. The second-order valence-corrected chi connectivity index (χ2v) is 3.59. The molecule has 0 aliphatic carbocycles. The lowest BCUT2D eigenvalue weighted by atomic mass is 10.1. The number of nitro benzene ring substituents is 1. The van der Waals surface area contributed by atoms with Crippen LogP contribution in [0.4, 0.5) is 14.5 Å². The monoisotopic (exact) mass is 290 g/mol. The summed E-state index contributed by atoms with van der Waals surface area (Å²) in [6.07, 6.45) is 0. The van der Waals surface area contributed by atoms with Crippen LogP contribution in [0, 0.1) is 21.7 Å². The fourth-order valence-electron chi connectivity index (χ4n) is 1.27. The number of hydrogen-bond donors (Lipinski definition) is 3. The highest BCUT2D eigenvalue weighted by molar-refractivity contribution is 5.97. The predicted molar refractivity (Wildman–Crippen MR) is 59.0 cm³/mol. The Kier molecular flexibility index (Phi) is 4.64. The first-order valence-corrected chi connectivity index (χ1v) is 5.06. The highest BCUT2D eigenvalue weighted by Crippen LogP contribution is 2.21. The molecule has 1 amide bonds. The van der Waals surface area contributed by atoms with E-state index in [4.69, 9.17) is 10.2 Å². The number of carboxylic acids is 1. The Labute approximate surface area is 109 Å². The summed E-state index contributed by atoms with van der Waals surface area (Å²) in [5.74, 6) is -5.74. The number of rotatable bonds is 5. The second-order valence-electron chi connectivity index (χ2n) is 3.59. The van der Waals surface area contributed by atoms with Crippen LogP contribution in [0.3, 0.4) is 0 Å². The van der Waals surface area contributed by atoms with E-state index >= 15 is 0 Å². The van der Waals surface area contributed by atoms with Gasteiger partial charge < -0.3 is 15.5 Å². The summed E-state index contributed by atoms with van der Waals surface area (Å²) in [6.45, 7) is -0.960. The number of benzene rings is 1. The van der Waals surface area contributed by atoms with E-state index in [1.807, 2.05) is 0 Å². The summed E-state index contributed by atoms with van der Waals surface area (Å²) in [6, 6.07) is -1.22. The quantitative estimate of drug-likeness (QED) is 0.519. The van der Waals surface area contributed by atoms with E-state index in [0.29, 0.717) is 0 Å². The lowest BCUT2D eigenvalue weighted by molar-refractivity contribution is -0.387. The van der Waals surface area contributed by atoms with Gasteiger partial charge in [0, 0.05) is 0 Å². The Morgan fingerprint density at radius 2 is 1.95 bits per heavy atom. The molecule has 0 aliphatic rings. The third kappa shape index (κ3) is 3.23. The van der Waals surface area contributed by atoms with Crippen molar-refractivity contribution in [1.82, 2.24) is 5.32 Å². The van der Waals surface area contributed by atoms with Crippen LogP contribution >= 0.6 is 0 Å².